The van der Waals surface area contributed by atoms with E-state index in [4.69, 9.17) is 9.47 Å². The highest BCUT2D eigenvalue weighted by molar-refractivity contribution is 5.89. The van der Waals surface area contributed by atoms with Gasteiger partial charge in [-0.15, -0.1) is 0 Å². The number of ether oxygens (including phenoxy) is 2. The molecule has 25 heavy (non-hydrogen) atoms. The molecule has 6 nitrogen and oxygen atoms in total. The van der Waals surface area contributed by atoms with Crippen molar-refractivity contribution in [2.75, 3.05) is 38.7 Å². The summed E-state index contributed by atoms with van der Waals surface area (Å²) in [6.07, 6.45) is 5.90. The molecule has 1 saturated heterocycles. The lowest BCUT2D eigenvalue weighted by atomic mass is 10.1. The Morgan fingerprint density at radius 2 is 1.92 bits per heavy atom. The molecule has 1 N–H and O–H groups in total. The highest BCUT2D eigenvalue weighted by Gasteiger charge is 2.23. The second-order valence-corrected chi connectivity index (χ2v) is 6.12. The van der Waals surface area contributed by atoms with Gasteiger partial charge in [-0.2, -0.15) is 0 Å². The first-order valence-corrected chi connectivity index (χ1v) is 8.66. The third kappa shape index (κ3) is 4.84. The Bertz CT molecular complexity index is 664. The van der Waals surface area contributed by atoms with E-state index in [9.17, 15) is 4.79 Å². The lowest BCUT2D eigenvalue weighted by molar-refractivity contribution is -0.00851. The van der Waals surface area contributed by atoms with Gasteiger partial charge in [0.2, 0.25) is 0 Å². The third-order valence-electron chi connectivity index (χ3n) is 4.37. The highest BCUT2D eigenvalue weighted by Crippen LogP contribution is 2.18. The second-order valence-electron chi connectivity index (χ2n) is 6.12. The molecule has 3 rings (SSSR count). The molecule has 1 fully saturated rings. The van der Waals surface area contributed by atoms with Gasteiger partial charge in [-0.1, -0.05) is 6.07 Å². The van der Waals surface area contributed by atoms with Crippen molar-refractivity contribution in [3.05, 3.63) is 48.8 Å². The normalized spacial score (nSPS) is 15.3. The van der Waals surface area contributed by atoms with Crippen LogP contribution < -0.4 is 5.32 Å². The van der Waals surface area contributed by atoms with Crippen molar-refractivity contribution in [2.24, 2.45) is 0 Å². The van der Waals surface area contributed by atoms with Crippen molar-refractivity contribution in [3.8, 4) is 5.69 Å². The lowest BCUT2D eigenvalue weighted by Gasteiger charge is -2.32. The summed E-state index contributed by atoms with van der Waals surface area (Å²) in [5.41, 5.74) is 1.82. The number of anilines is 1. The Labute approximate surface area is 148 Å². The maximum absolute atomic E-state index is 12.5. The summed E-state index contributed by atoms with van der Waals surface area (Å²) in [6.45, 7) is 2.64. The minimum atomic E-state index is -0.0556. The molecule has 1 aliphatic rings. The number of rotatable bonds is 6. The number of methoxy groups -OCH3 is 1. The van der Waals surface area contributed by atoms with E-state index in [0.29, 0.717) is 26.3 Å². The quantitative estimate of drug-likeness (QED) is 0.820. The smallest absolute Gasteiger partial charge is 0.321 e. The maximum Gasteiger partial charge on any atom is 0.321 e. The fraction of sp³-hybridized carbons (Fsp3) is 0.421. The summed E-state index contributed by atoms with van der Waals surface area (Å²) in [7, 11) is 1.67. The number of urea groups is 1. The fourth-order valence-corrected chi connectivity index (χ4v) is 2.98. The van der Waals surface area contributed by atoms with E-state index in [-0.39, 0.29) is 12.1 Å². The van der Waals surface area contributed by atoms with Gasteiger partial charge in [-0.3, -0.25) is 0 Å². The average Bonchev–Trinajstić information content (AvgIpc) is 3.17. The van der Waals surface area contributed by atoms with Crippen LogP contribution in [0, 0.1) is 0 Å². The van der Waals surface area contributed by atoms with Gasteiger partial charge in [-0.25, -0.2) is 4.79 Å². The zero-order chi connectivity index (χ0) is 17.5. The van der Waals surface area contributed by atoms with Crippen LogP contribution in [-0.4, -0.2) is 55.0 Å². The summed E-state index contributed by atoms with van der Waals surface area (Å²) >= 11 is 0. The number of benzene rings is 1. The summed E-state index contributed by atoms with van der Waals surface area (Å²) in [5.74, 6) is 0. The lowest BCUT2D eigenvalue weighted by Crippen LogP contribution is -2.43. The van der Waals surface area contributed by atoms with Gasteiger partial charge in [-0.05, 0) is 43.2 Å². The SMILES string of the molecule is COCCOC1CCN(C(=O)Nc2cccc(-n3cccc3)c2)CC1. The third-order valence-corrected chi connectivity index (χ3v) is 4.37. The van der Waals surface area contributed by atoms with Crippen molar-refractivity contribution in [2.45, 2.75) is 18.9 Å². The van der Waals surface area contributed by atoms with E-state index in [2.05, 4.69) is 5.32 Å². The Balaban J connectivity index is 1.51. The molecule has 0 bridgehead atoms. The van der Waals surface area contributed by atoms with Gasteiger partial charge >= 0.3 is 6.03 Å². The van der Waals surface area contributed by atoms with Crippen LogP contribution in [0.2, 0.25) is 0 Å². The molecule has 2 amide bonds. The van der Waals surface area contributed by atoms with Gasteiger partial charge in [0.15, 0.2) is 0 Å². The summed E-state index contributed by atoms with van der Waals surface area (Å²) in [6, 6.07) is 11.7. The molecule has 2 aromatic rings. The number of nitrogens with one attached hydrogen (secondary N) is 1. The van der Waals surface area contributed by atoms with Gasteiger partial charge in [0, 0.05) is 44.0 Å². The average molecular weight is 343 g/mol. The second kappa shape index (κ2) is 8.69. The summed E-state index contributed by atoms with van der Waals surface area (Å²) < 4.78 is 12.7. The Kier molecular flexibility index (Phi) is 6.09. The van der Waals surface area contributed by atoms with E-state index in [1.807, 2.05) is 58.3 Å². The molecule has 1 aromatic carbocycles. The van der Waals surface area contributed by atoms with E-state index < -0.39 is 0 Å². The van der Waals surface area contributed by atoms with Crippen LogP contribution in [0.4, 0.5) is 10.5 Å². The number of likely N-dealkylation sites (tertiary alicyclic amines) is 1. The topological polar surface area (TPSA) is 55.7 Å². The fourth-order valence-electron chi connectivity index (χ4n) is 2.98. The van der Waals surface area contributed by atoms with E-state index in [0.717, 1.165) is 24.2 Å². The maximum atomic E-state index is 12.5. The zero-order valence-electron chi connectivity index (χ0n) is 14.6. The van der Waals surface area contributed by atoms with Crippen LogP contribution in [0.1, 0.15) is 12.8 Å². The molecule has 0 aliphatic carbocycles. The molecule has 0 spiro atoms. The molecule has 0 saturated carbocycles. The van der Waals surface area contributed by atoms with Crippen molar-refractivity contribution >= 4 is 11.7 Å². The van der Waals surface area contributed by atoms with Crippen LogP contribution in [0.5, 0.6) is 0 Å². The molecule has 1 aliphatic heterocycles. The van der Waals surface area contributed by atoms with Crippen LogP contribution in [0.25, 0.3) is 5.69 Å². The van der Waals surface area contributed by atoms with Crippen LogP contribution in [0.15, 0.2) is 48.8 Å². The van der Waals surface area contributed by atoms with Gasteiger partial charge in [0.25, 0.3) is 0 Å². The van der Waals surface area contributed by atoms with E-state index >= 15 is 0 Å². The molecule has 6 heteroatoms. The molecule has 1 aromatic heterocycles. The largest absolute Gasteiger partial charge is 0.382 e. The zero-order valence-corrected chi connectivity index (χ0v) is 14.6. The minimum absolute atomic E-state index is 0.0556. The van der Waals surface area contributed by atoms with Gasteiger partial charge < -0.3 is 24.3 Å². The Morgan fingerprint density at radius 1 is 1.16 bits per heavy atom. The first-order valence-electron chi connectivity index (χ1n) is 8.66. The van der Waals surface area contributed by atoms with Crippen LogP contribution in [-0.2, 0) is 9.47 Å². The molecule has 2 heterocycles. The minimum Gasteiger partial charge on any atom is -0.382 e. The number of carbonyl (C=O) groups is 1. The number of piperidine rings is 1. The number of amides is 2. The monoisotopic (exact) mass is 343 g/mol. The van der Waals surface area contributed by atoms with Crippen molar-refractivity contribution < 1.29 is 14.3 Å². The highest BCUT2D eigenvalue weighted by atomic mass is 16.5. The number of hydrogen-bond acceptors (Lipinski definition) is 3. The predicted molar refractivity (Wildman–Crippen MR) is 97.2 cm³/mol. The van der Waals surface area contributed by atoms with Crippen molar-refractivity contribution in [1.29, 1.82) is 0 Å². The Morgan fingerprint density at radius 3 is 2.64 bits per heavy atom. The molecule has 0 unspecified atom stereocenters. The Hall–Kier alpha value is -2.31. The molecular formula is C19H25N3O3. The first-order chi connectivity index (χ1) is 12.3. The number of nitrogens with zero attached hydrogens (tertiary/aromatic N) is 2. The number of aromatic nitrogens is 1. The van der Waals surface area contributed by atoms with Gasteiger partial charge in [0.1, 0.15) is 0 Å². The number of carbonyl (C=O) groups excluding carboxylic acids is 1. The predicted octanol–water partition coefficient (Wildman–Crippen LogP) is 3.14. The van der Waals surface area contributed by atoms with Crippen LogP contribution in [0.3, 0.4) is 0 Å². The molecule has 134 valence electrons. The van der Waals surface area contributed by atoms with Crippen molar-refractivity contribution in [3.63, 3.8) is 0 Å². The summed E-state index contributed by atoms with van der Waals surface area (Å²) in [5, 5.41) is 2.99. The standard InChI is InChI=1S/C19H25N3O3/c1-24-13-14-25-18-7-11-22(12-8-18)19(23)20-16-5-4-6-17(15-16)21-9-2-3-10-21/h2-6,9-10,15,18H,7-8,11-14H2,1H3,(H,20,23). The van der Waals surface area contributed by atoms with E-state index in [1.54, 1.807) is 7.11 Å². The van der Waals surface area contributed by atoms with Crippen LogP contribution >= 0.6 is 0 Å². The molecule has 0 atom stereocenters. The molecular weight excluding hydrogens is 318 g/mol. The van der Waals surface area contributed by atoms with Gasteiger partial charge in [0.05, 0.1) is 19.3 Å². The summed E-state index contributed by atoms with van der Waals surface area (Å²) in [4.78, 5) is 14.3. The van der Waals surface area contributed by atoms with Crippen molar-refractivity contribution in [1.82, 2.24) is 9.47 Å². The van der Waals surface area contributed by atoms with E-state index in [1.165, 1.54) is 0 Å². The molecule has 0 radical (unpaired) electrons. The first kappa shape index (κ1) is 17.5. The number of hydrogen-bond donors (Lipinski definition) is 1.